The average Bonchev–Trinajstić information content (AvgIpc) is 2.37. The van der Waals surface area contributed by atoms with Crippen LogP contribution >= 0.6 is 12.4 Å². The third-order valence-electron chi connectivity index (χ3n) is 1.77. The third kappa shape index (κ3) is 3.02. The van der Waals surface area contributed by atoms with E-state index < -0.39 is 0 Å². The van der Waals surface area contributed by atoms with Gasteiger partial charge in [0, 0.05) is 25.5 Å². The van der Waals surface area contributed by atoms with E-state index in [0.29, 0.717) is 0 Å². The van der Waals surface area contributed by atoms with Crippen LogP contribution in [0.4, 0.5) is 0 Å². The van der Waals surface area contributed by atoms with Gasteiger partial charge in [0.1, 0.15) is 0 Å². The molecule has 0 amide bonds. The minimum absolute atomic E-state index is 0. The SMILES string of the molecule is CCCN1C=CN(CC)C1.Cl. The molecule has 0 aliphatic carbocycles. The van der Waals surface area contributed by atoms with Crippen LogP contribution in [0.2, 0.25) is 0 Å². The Morgan fingerprint density at radius 3 is 2.27 bits per heavy atom. The predicted octanol–water partition coefficient (Wildman–Crippen LogP) is 1.88. The predicted molar refractivity (Wildman–Crippen MR) is 50.6 cm³/mol. The molecule has 0 radical (unpaired) electrons. The van der Waals surface area contributed by atoms with Gasteiger partial charge in [-0.3, -0.25) is 0 Å². The van der Waals surface area contributed by atoms with Crippen LogP contribution in [0.3, 0.4) is 0 Å². The maximum atomic E-state index is 2.34. The largest absolute Gasteiger partial charge is 0.359 e. The maximum Gasteiger partial charge on any atom is 0.0893 e. The Bertz CT molecular complexity index is 125. The third-order valence-corrected chi connectivity index (χ3v) is 1.77. The van der Waals surface area contributed by atoms with Gasteiger partial charge in [-0.15, -0.1) is 12.4 Å². The Morgan fingerprint density at radius 1 is 1.18 bits per heavy atom. The summed E-state index contributed by atoms with van der Waals surface area (Å²) in [4.78, 5) is 4.64. The zero-order chi connectivity index (χ0) is 7.40. The van der Waals surface area contributed by atoms with Crippen molar-refractivity contribution in [2.24, 2.45) is 0 Å². The van der Waals surface area contributed by atoms with E-state index >= 15 is 0 Å². The van der Waals surface area contributed by atoms with Crippen molar-refractivity contribution in [2.75, 3.05) is 19.8 Å². The van der Waals surface area contributed by atoms with E-state index in [1.807, 2.05) is 0 Å². The number of hydrogen-bond acceptors (Lipinski definition) is 2. The van der Waals surface area contributed by atoms with Crippen LogP contribution in [0.1, 0.15) is 20.3 Å². The van der Waals surface area contributed by atoms with E-state index in [4.69, 9.17) is 0 Å². The highest BCUT2D eigenvalue weighted by Crippen LogP contribution is 2.05. The molecule has 2 nitrogen and oxygen atoms in total. The fraction of sp³-hybridized carbons (Fsp3) is 0.750. The monoisotopic (exact) mass is 176 g/mol. The normalized spacial score (nSPS) is 15.5. The van der Waals surface area contributed by atoms with Crippen molar-refractivity contribution in [1.82, 2.24) is 9.80 Å². The lowest BCUT2D eigenvalue weighted by molar-refractivity contribution is 0.273. The summed E-state index contributed by atoms with van der Waals surface area (Å²) in [5.74, 6) is 0. The minimum atomic E-state index is 0. The summed E-state index contributed by atoms with van der Waals surface area (Å²) in [5, 5.41) is 0. The van der Waals surface area contributed by atoms with Gasteiger partial charge in [0.05, 0.1) is 6.67 Å². The maximum absolute atomic E-state index is 2.34. The van der Waals surface area contributed by atoms with Gasteiger partial charge < -0.3 is 9.80 Å². The second kappa shape index (κ2) is 5.30. The molecule has 3 heteroatoms. The molecule has 0 spiro atoms. The first-order valence-electron chi connectivity index (χ1n) is 4.03. The molecule has 0 saturated carbocycles. The van der Waals surface area contributed by atoms with Gasteiger partial charge in [0.2, 0.25) is 0 Å². The smallest absolute Gasteiger partial charge is 0.0893 e. The molecular formula is C8H17ClN2. The molecule has 1 aliphatic rings. The van der Waals surface area contributed by atoms with Crippen LogP contribution < -0.4 is 0 Å². The summed E-state index contributed by atoms with van der Waals surface area (Å²) in [6.07, 6.45) is 5.57. The molecule has 0 bridgehead atoms. The van der Waals surface area contributed by atoms with Gasteiger partial charge in [-0.05, 0) is 13.3 Å². The molecule has 1 aliphatic heterocycles. The summed E-state index contributed by atoms with van der Waals surface area (Å²) in [5.41, 5.74) is 0. The van der Waals surface area contributed by atoms with E-state index in [1.165, 1.54) is 13.0 Å². The topological polar surface area (TPSA) is 6.48 Å². The van der Waals surface area contributed by atoms with Gasteiger partial charge >= 0.3 is 0 Å². The van der Waals surface area contributed by atoms with Crippen molar-refractivity contribution in [3.63, 3.8) is 0 Å². The molecule has 1 heterocycles. The lowest BCUT2D eigenvalue weighted by Crippen LogP contribution is -2.25. The lowest BCUT2D eigenvalue weighted by Gasteiger charge is -2.18. The Kier molecular flexibility index (Phi) is 5.12. The molecule has 0 aromatic heterocycles. The van der Waals surface area contributed by atoms with Crippen LogP contribution in [0.25, 0.3) is 0 Å². The standard InChI is InChI=1S/C8H16N2.ClH/c1-3-5-10-7-6-9(4-2)8-10;/h6-7H,3-5,8H2,1-2H3;1H. The number of rotatable bonds is 3. The molecule has 0 unspecified atom stereocenters. The molecule has 0 atom stereocenters. The molecule has 66 valence electrons. The highest BCUT2D eigenvalue weighted by molar-refractivity contribution is 5.85. The summed E-state index contributed by atoms with van der Waals surface area (Å²) in [6, 6.07) is 0. The second-order valence-electron chi connectivity index (χ2n) is 2.66. The summed E-state index contributed by atoms with van der Waals surface area (Å²) < 4.78 is 0. The average molecular weight is 177 g/mol. The molecule has 0 saturated heterocycles. The van der Waals surface area contributed by atoms with Crippen LogP contribution in [0, 0.1) is 0 Å². The zero-order valence-electron chi connectivity index (χ0n) is 7.29. The highest BCUT2D eigenvalue weighted by atomic mass is 35.5. The Morgan fingerprint density at radius 2 is 1.82 bits per heavy atom. The van der Waals surface area contributed by atoms with Crippen molar-refractivity contribution in [3.05, 3.63) is 12.4 Å². The fourth-order valence-electron chi connectivity index (χ4n) is 1.15. The summed E-state index contributed by atoms with van der Waals surface area (Å²) in [6.45, 7) is 7.79. The molecule has 11 heavy (non-hydrogen) atoms. The molecule has 1 rings (SSSR count). The van der Waals surface area contributed by atoms with Crippen molar-refractivity contribution in [3.8, 4) is 0 Å². The highest BCUT2D eigenvalue weighted by Gasteiger charge is 2.07. The second-order valence-corrected chi connectivity index (χ2v) is 2.66. The first-order chi connectivity index (χ1) is 4.86. The van der Waals surface area contributed by atoms with Crippen molar-refractivity contribution < 1.29 is 0 Å². The van der Waals surface area contributed by atoms with E-state index in [0.717, 1.165) is 13.2 Å². The van der Waals surface area contributed by atoms with Gasteiger partial charge in [-0.2, -0.15) is 0 Å². The molecular weight excluding hydrogens is 160 g/mol. The van der Waals surface area contributed by atoms with Crippen molar-refractivity contribution in [2.45, 2.75) is 20.3 Å². The van der Waals surface area contributed by atoms with Crippen LogP contribution in [0.5, 0.6) is 0 Å². The fourth-order valence-corrected chi connectivity index (χ4v) is 1.15. The summed E-state index contributed by atoms with van der Waals surface area (Å²) >= 11 is 0. The first kappa shape index (κ1) is 10.6. The first-order valence-corrected chi connectivity index (χ1v) is 4.03. The van der Waals surface area contributed by atoms with E-state index in [-0.39, 0.29) is 12.4 Å². The van der Waals surface area contributed by atoms with E-state index in [2.05, 4.69) is 36.0 Å². The Labute approximate surface area is 75.3 Å². The quantitative estimate of drug-likeness (QED) is 0.648. The van der Waals surface area contributed by atoms with E-state index in [1.54, 1.807) is 0 Å². The van der Waals surface area contributed by atoms with Crippen molar-refractivity contribution >= 4 is 12.4 Å². The van der Waals surface area contributed by atoms with Crippen LogP contribution in [0.15, 0.2) is 12.4 Å². The van der Waals surface area contributed by atoms with Gasteiger partial charge in [0.25, 0.3) is 0 Å². The molecule has 0 aromatic rings. The number of nitrogens with zero attached hydrogens (tertiary/aromatic N) is 2. The molecule has 0 fully saturated rings. The molecule has 0 N–H and O–H groups in total. The number of halogens is 1. The van der Waals surface area contributed by atoms with Gasteiger partial charge in [-0.25, -0.2) is 0 Å². The Balaban J connectivity index is 0.000001000. The minimum Gasteiger partial charge on any atom is -0.359 e. The number of hydrogen-bond donors (Lipinski definition) is 0. The van der Waals surface area contributed by atoms with E-state index in [9.17, 15) is 0 Å². The lowest BCUT2D eigenvalue weighted by atomic mass is 10.4. The molecule has 0 aromatic carbocycles. The van der Waals surface area contributed by atoms with Crippen LogP contribution in [-0.4, -0.2) is 29.6 Å². The van der Waals surface area contributed by atoms with Crippen molar-refractivity contribution in [1.29, 1.82) is 0 Å². The van der Waals surface area contributed by atoms with Gasteiger partial charge in [-0.1, -0.05) is 6.92 Å². The summed E-state index contributed by atoms with van der Waals surface area (Å²) in [7, 11) is 0. The van der Waals surface area contributed by atoms with Gasteiger partial charge in [0.15, 0.2) is 0 Å². The zero-order valence-corrected chi connectivity index (χ0v) is 8.10. The van der Waals surface area contributed by atoms with Crippen LogP contribution in [-0.2, 0) is 0 Å². The Hall–Kier alpha value is -0.370.